The molecule has 2 rings (SSSR count). The van der Waals surface area contributed by atoms with Gasteiger partial charge in [0.05, 0.1) is 54.9 Å². The predicted molar refractivity (Wildman–Crippen MR) is 229 cm³/mol. The Labute approximate surface area is 352 Å². The number of hydrogen-bond donors (Lipinski definition) is 7. The quantitative estimate of drug-likeness (QED) is 0.117. The van der Waals surface area contributed by atoms with Gasteiger partial charge in [0.1, 0.15) is 6.10 Å². The first kappa shape index (κ1) is 53.0. The monoisotopic (exact) mass is 829 g/mol. The molecule has 1 fully saturated rings. The van der Waals surface area contributed by atoms with E-state index in [-0.39, 0.29) is 42.5 Å². The average Bonchev–Trinajstić information content (AvgIpc) is 3.09. The van der Waals surface area contributed by atoms with Gasteiger partial charge in [-0.2, -0.15) is 0 Å². The molecule has 0 radical (unpaired) electrons. The average molecular weight is 829 g/mol. The summed E-state index contributed by atoms with van der Waals surface area (Å²) in [5.41, 5.74) is 0.774. The molecule has 0 amide bonds. The van der Waals surface area contributed by atoms with E-state index in [1.807, 2.05) is 20.8 Å². The molecule has 0 aromatic rings. The molecule has 2 aliphatic rings. The summed E-state index contributed by atoms with van der Waals surface area (Å²) in [6.45, 7) is 12.1. The van der Waals surface area contributed by atoms with Crippen molar-refractivity contribution in [1.82, 2.24) is 0 Å². The fourth-order valence-corrected chi connectivity index (χ4v) is 8.66. The van der Waals surface area contributed by atoms with E-state index in [2.05, 4.69) is 20.8 Å². The van der Waals surface area contributed by atoms with Crippen LogP contribution in [0.1, 0.15) is 208 Å². The van der Waals surface area contributed by atoms with Crippen molar-refractivity contribution in [2.45, 2.75) is 275 Å². The molecule has 0 saturated carbocycles. The number of carbonyl (C=O) groups is 1. The number of aliphatic hydroxyl groups excluding tert-OH is 7. The van der Waals surface area contributed by atoms with Gasteiger partial charge in [0.2, 0.25) is 0 Å². The van der Waals surface area contributed by atoms with E-state index >= 15 is 0 Å². The minimum Gasteiger partial charge on any atom is -0.459 e. The number of esters is 1. The maximum absolute atomic E-state index is 12.9. The van der Waals surface area contributed by atoms with Crippen LogP contribution in [0.5, 0.6) is 0 Å². The second-order valence-corrected chi connectivity index (χ2v) is 19.6. The van der Waals surface area contributed by atoms with Crippen LogP contribution in [0, 0.1) is 5.41 Å². The predicted octanol–water partition coefficient (Wildman–Crippen LogP) is 8.09. The van der Waals surface area contributed by atoms with Crippen molar-refractivity contribution >= 4 is 5.97 Å². The molecule has 7 N–H and O–H groups in total. The van der Waals surface area contributed by atoms with Crippen molar-refractivity contribution in [2.75, 3.05) is 0 Å². The molecule has 11 nitrogen and oxygen atoms in total. The highest BCUT2D eigenvalue weighted by Gasteiger charge is 2.35. The highest BCUT2D eigenvalue weighted by molar-refractivity contribution is 5.82. The maximum atomic E-state index is 12.9. The molecule has 2 bridgehead atoms. The van der Waals surface area contributed by atoms with Crippen LogP contribution >= 0.6 is 0 Å². The Morgan fingerprint density at radius 3 is 1.31 bits per heavy atom. The summed E-state index contributed by atoms with van der Waals surface area (Å²) in [6, 6.07) is 0. The summed E-state index contributed by atoms with van der Waals surface area (Å²) in [5.74, 6) is -0.971. The molecule has 0 aliphatic carbocycles. The minimum absolute atomic E-state index is 0.0674. The standard InChI is InChI=1S/C47H88O11/c1-34-16-8-7-9-27-42-33-43(58-47(5,6)57-42)28-14-23-37(50)22-13-26-40(53)32-41(54)31-39(52)25-12-21-36(49)19-10-17-35(48)18-11-20-38(51)24-15-29-44(46(2,3)4)56-45(55)30-34/h30,35-44,48-54H,7-29,31-33H2,1-6H3/b34-30-/t35-,36+,37-,38-,39-,40-,41-,42+,43-,44+/m1/s1. The summed E-state index contributed by atoms with van der Waals surface area (Å²) in [5, 5.41) is 73.6. The summed E-state index contributed by atoms with van der Waals surface area (Å²) >= 11 is 0. The second-order valence-electron chi connectivity index (χ2n) is 19.6. The highest BCUT2D eigenvalue weighted by Crippen LogP contribution is 2.32. The Kier molecular flexibility index (Phi) is 26.0. The van der Waals surface area contributed by atoms with Crippen LogP contribution in [-0.4, -0.2) is 109 Å². The number of hydrogen-bond acceptors (Lipinski definition) is 11. The van der Waals surface area contributed by atoms with E-state index in [0.29, 0.717) is 96.3 Å². The number of ether oxygens (including phenoxy) is 3. The van der Waals surface area contributed by atoms with Gasteiger partial charge in [-0.3, -0.25) is 0 Å². The van der Waals surface area contributed by atoms with E-state index in [0.717, 1.165) is 63.4 Å². The summed E-state index contributed by atoms with van der Waals surface area (Å²) < 4.78 is 18.5. The van der Waals surface area contributed by atoms with Gasteiger partial charge in [-0.25, -0.2) is 4.79 Å². The van der Waals surface area contributed by atoms with Crippen molar-refractivity contribution in [3.63, 3.8) is 0 Å². The zero-order valence-electron chi connectivity index (χ0n) is 37.5. The molecule has 0 spiro atoms. The second kappa shape index (κ2) is 28.5. The first-order valence-electron chi connectivity index (χ1n) is 23.3. The lowest BCUT2D eigenvalue weighted by Crippen LogP contribution is -2.44. The number of carbonyl (C=O) groups excluding carboxylic acids is 1. The first-order valence-corrected chi connectivity index (χ1v) is 23.3. The number of allylic oxidation sites excluding steroid dienone is 1. The maximum Gasteiger partial charge on any atom is 0.330 e. The fraction of sp³-hybridized carbons (Fsp3) is 0.936. The van der Waals surface area contributed by atoms with Gasteiger partial charge in [0.25, 0.3) is 0 Å². The molecule has 2 aliphatic heterocycles. The number of aliphatic hydroxyl groups is 7. The van der Waals surface area contributed by atoms with Crippen LogP contribution in [0.2, 0.25) is 0 Å². The van der Waals surface area contributed by atoms with Gasteiger partial charge in [0, 0.05) is 12.5 Å². The lowest BCUT2D eigenvalue weighted by atomic mass is 9.85. The molecule has 342 valence electrons. The molecule has 0 aromatic carbocycles. The van der Waals surface area contributed by atoms with Crippen molar-refractivity contribution in [2.24, 2.45) is 5.41 Å². The number of fused-ring (bicyclic) bond motifs is 2. The van der Waals surface area contributed by atoms with Crippen molar-refractivity contribution < 1.29 is 54.8 Å². The van der Waals surface area contributed by atoms with Crippen LogP contribution in [0.3, 0.4) is 0 Å². The van der Waals surface area contributed by atoms with Crippen LogP contribution in [0.15, 0.2) is 11.6 Å². The molecule has 58 heavy (non-hydrogen) atoms. The van der Waals surface area contributed by atoms with E-state index in [9.17, 15) is 40.5 Å². The molecule has 10 atom stereocenters. The smallest absolute Gasteiger partial charge is 0.330 e. The SMILES string of the molecule is C/C1=C/C(=O)O[C@H](C(C)(C)C)CCC[C@H](O)CCC[C@H](O)CCC[C@H](O)CCC[C@@H](O)C[C@@H](O)C[C@H](O)CCC[C@@H](O)CCC[C@@H]2C[C@H](CCCCC1)OC(C)(C)O2. The molecular weight excluding hydrogens is 741 g/mol. The van der Waals surface area contributed by atoms with Crippen molar-refractivity contribution in [3.05, 3.63) is 11.6 Å². The van der Waals surface area contributed by atoms with Crippen LogP contribution < -0.4 is 0 Å². The molecule has 0 aromatic heterocycles. The van der Waals surface area contributed by atoms with Crippen LogP contribution in [0.25, 0.3) is 0 Å². The molecule has 0 unspecified atom stereocenters. The van der Waals surface area contributed by atoms with Crippen molar-refractivity contribution in [3.8, 4) is 0 Å². The Bertz CT molecular complexity index is 1110. The highest BCUT2D eigenvalue weighted by atomic mass is 16.7. The minimum atomic E-state index is -0.821. The lowest BCUT2D eigenvalue weighted by molar-refractivity contribution is -0.301. The largest absolute Gasteiger partial charge is 0.459 e. The molecule has 1 saturated heterocycles. The third-order valence-electron chi connectivity index (χ3n) is 12.1. The van der Waals surface area contributed by atoms with Gasteiger partial charge in [-0.15, -0.1) is 0 Å². The van der Waals surface area contributed by atoms with Gasteiger partial charge >= 0.3 is 5.97 Å². The van der Waals surface area contributed by atoms with Gasteiger partial charge < -0.3 is 50.0 Å². The van der Waals surface area contributed by atoms with E-state index in [1.54, 1.807) is 6.08 Å². The Morgan fingerprint density at radius 2 is 0.879 bits per heavy atom. The van der Waals surface area contributed by atoms with E-state index < -0.39 is 48.5 Å². The Morgan fingerprint density at radius 1 is 0.500 bits per heavy atom. The first-order chi connectivity index (χ1) is 27.3. The van der Waals surface area contributed by atoms with Gasteiger partial charge in [0.15, 0.2) is 5.79 Å². The zero-order valence-corrected chi connectivity index (χ0v) is 37.5. The lowest BCUT2D eigenvalue weighted by Gasteiger charge is -2.41. The Hall–Kier alpha value is -1.15. The third kappa shape index (κ3) is 25.6. The summed E-state index contributed by atoms with van der Waals surface area (Å²) in [4.78, 5) is 12.9. The summed E-state index contributed by atoms with van der Waals surface area (Å²) in [6.07, 6.45) is 14.8. The Balaban J connectivity index is 1.92. The number of rotatable bonds is 0. The third-order valence-corrected chi connectivity index (χ3v) is 12.1. The van der Waals surface area contributed by atoms with Crippen molar-refractivity contribution in [1.29, 1.82) is 0 Å². The molecule has 11 heteroatoms. The topological polar surface area (TPSA) is 186 Å². The normalized spacial score (nSPS) is 36.1. The van der Waals surface area contributed by atoms with Crippen LogP contribution in [0.4, 0.5) is 0 Å². The van der Waals surface area contributed by atoms with Gasteiger partial charge in [-0.1, -0.05) is 39.2 Å². The summed E-state index contributed by atoms with van der Waals surface area (Å²) in [7, 11) is 0. The fourth-order valence-electron chi connectivity index (χ4n) is 8.66. The zero-order chi connectivity index (χ0) is 43.1. The molecular formula is C47H88O11. The van der Waals surface area contributed by atoms with E-state index in [1.165, 1.54) is 0 Å². The number of cyclic esters (lactones) is 1. The van der Waals surface area contributed by atoms with E-state index in [4.69, 9.17) is 14.2 Å². The van der Waals surface area contributed by atoms with Gasteiger partial charge in [-0.05, 0) is 174 Å². The van der Waals surface area contributed by atoms with Crippen LogP contribution in [-0.2, 0) is 19.0 Å². The molecule has 2 heterocycles.